The third kappa shape index (κ3) is 2.90. The quantitative estimate of drug-likeness (QED) is 0.442. The largest absolute Gasteiger partial charge is 0.554 e. The molecule has 0 radical (unpaired) electrons. The first-order chi connectivity index (χ1) is 14.5. The molecule has 0 saturated heterocycles. The number of carbonyl (C=O) groups is 2. The molecule has 0 bridgehead atoms. The van der Waals surface area contributed by atoms with Crippen molar-refractivity contribution >= 4 is 49.2 Å². The van der Waals surface area contributed by atoms with Gasteiger partial charge in [0.05, 0.1) is 11.9 Å². The zero-order valence-electron chi connectivity index (χ0n) is 15.6. The summed E-state index contributed by atoms with van der Waals surface area (Å²) >= 11 is 0. The number of aromatic nitrogens is 3. The van der Waals surface area contributed by atoms with Gasteiger partial charge >= 0.3 is 11.3 Å². The SMILES string of the molecule is Cc1cccc(Oc2ccc(N3C(=O)Nc4c[s+](C(=O)O)c5nccc3c45)nc2)n1. The number of rotatable bonds is 4. The van der Waals surface area contributed by atoms with Crippen molar-refractivity contribution in [2.75, 3.05) is 10.2 Å². The standard InChI is InChI=1S/C20H13N5O4S/c1-11-3-2-4-16(23-11)29-12-5-6-15(22-9-12)25-14-7-8-21-18-17(14)13(24-19(25)26)10-30(18)20(27)28/h2-10H,1H3,(H-,24,26,27,28)/p+1. The van der Waals surface area contributed by atoms with E-state index in [2.05, 4.69) is 20.3 Å². The molecule has 5 rings (SSSR count). The molecule has 0 fully saturated rings. The summed E-state index contributed by atoms with van der Waals surface area (Å²) in [4.78, 5) is 39.0. The number of pyridine rings is 3. The van der Waals surface area contributed by atoms with Crippen molar-refractivity contribution in [3.8, 4) is 11.6 Å². The minimum Gasteiger partial charge on any atom is -0.437 e. The van der Waals surface area contributed by atoms with Crippen LogP contribution in [0.25, 0.3) is 10.2 Å². The average molecular weight is 420 g/mol. The lowest BCUT2D eigenvalue weighted by atomic mass is 10.2. The van der Waals surface area contributed by atoms with Gasteiger partial charge in [-0.25, -0.2) is 24.6 Å². The van der Waals surface area contributed by atoms with Crippen LogP contribution in [0.2, 0.25) is 0 Å². The molecule has 4 aromatic rings. The van der Waals surface area contributed by atoms with E-state index in [0.29, 0.717) is 39.0 Å². The molecule has 1 unspecified atom stereocenters. The highest BCUT2D eigenvalue weighted by Crippen LogP contribution is 2.46. The van der Waals surface area contributed by atoms with Crippen molar-refractivity contribution in [2.24, 2.45) is 0 Å². The van der Waals surface area contributed by atoms with Gasteiger partial charge in [-0.1, -0.05) is 6.07 Å². The first kappa shape index (κ1) is 18.0. The summed E-state index contributed by atoms with van der Waals surface area (Å²) in [5.41, 5.74) is 1.83. The first-order valence-corrected chi connectivity index (χ1v) is 10.2. The lowest BCUT2D eigenvalue weighted by Gasteiger charge is -2.25. The Hall–Kier alpha value is -4.05. The van der Waals surface area contributed by atoms with E-state index >= 15 is 0 Å². The van der Waals surface area contributed by atoms with Gasteiger partial charge < -0.3 is 15.2 Å². The van der Waals surface area contributed by atoms with E-state index in [-0.39, 0.29) is 0 Å². The molecular weight excluding hydrogens is 406 g/mol. The number of carboxylic acid groups (broad SMARTS) is 1. The Kier molecular flexibility index (Phi) is 4.07. The molecule has 30 heavy (non-hydrogen) atoms. The van der Waals surface area contributed by atoms with E-state index in [1.165, 1.54) is 22.7 Å². The highest BCUT2D eigenvalue weighted by molar-refractivity contribution is 7.54. The molecular formula is C20H14N5O4S+. The summed E-state index contributed by atoms with van der Waals surface area (Å²) in [5, 5.41) is 13.3. The highest BCUT2D eigenvalue weighted by Gasteiger charge is 2.36. The molecule has 5 heterocycles. The number of nitrogens with one attached hydrogen (secondary N) is 1. The Morgan fingerprint density at radius 2 is 2.07 bits per heavy atom. The Bertz CT molecular complexity index is 1320. The fourth-order valence-corrected chi connectivity index (χ4v) is 4.66. The van der Waals surface area contributed by atoms with Gasteiger partial charge in [-0.2, -0.15) is 4.79 Å². The van der Waals surface area contributed by atoms with Crippen molar-refractivity contribution in [3.05, 3.63) is 59.9 Å². The number of carbonyl (C=O) groups excluding carboxylic acids is 1. The number of urea groups is 1. The maximum atomic E-state index is 12.8. The van der Waals surface area contributed by atoms with Crippen molar-refractivity contribution in [2.45, 2.75) is 6.92 Å². The first-order valence-electron chi connectivity index (χ1n) is 8.87. The zero-order chi connectivity index (χ0) is 20.8. The Balaban J connectivity index is 1.52. The van der Waals surface area contributed by atoms with E-state index in [0.717, 1.165) is 5.69 Å². The van der Waals surface area contributed by atoms with E-state index in [4.69, 9.17) is 4.74 Å². The zero-order valence-corrected chi connectivity index (χ0v) is 16.4. The molecule has 0 aliphatic carbocycles. The summed E-state index contributed by atoms with van der Waals surface area (Å²) in [6, 6.07) is 10.0. The van der Waals surface area contributed by atoms with E-state index in [9.17, 15) is 14.7 Å². The predicted molar refractivity (Wildman–Crippen MR) is 112 cm³/mol. The van der Waals surface area contributed by atoms with Crippen LogP contribution in [-0.4, -0.2) is 31.4 Å². The van der Waals surface area contributed by atoms with E-state index < -0.39 is 21.8 Å². The van der Waals surface area contributed by atoms with Crippen LogP contribution in [0.5, 0.6) is 11.6 Å². The van der Waals surface area contributed by atoms with Gasteiger partial charge in [-0.15, -0.1) is 0 Å². The van der Waals surface area contributed by atoms with Crippen LogP contribution in [0.15, 0.2) is 54.2 Å². The van der Waals surface area contributed by atoms with E-state index in [1.54, 1.807) is 24.3 Å². The lowest BCUT2D eigenvalue weighted by molar-refractivity contribution is 0.221. The number of aryl methyl sites for hydroxylation is 1. The smallest absolute Gasteiger partial charge is 0.437 e. The second-order valence-corrected chi connectivity index (χ2v) is 8.13. The summed E-state index contributed by atoms with van der Waals surface area (Å²) in [6.07, 6.45) is 3.00. The number of nitrogens with zero attached hydrogens (tertiary/aromatic N) is 4. The molecule has 2 N–H and O–H groups in total. The maximum absolute atomic E-state index is 12.8. The second-order valence-electron chi connectivity index (χ2n) is 6.48. The van der Waals surface area contributed by atoms with Crippen molar-refractivity contribution in [1.82, 2.24) is 15.0 Å². The van der Waals surface area contributed by atoms with Crippen molar-refractivity contribution in [1.29, 1.82) is 0 Å². The molecule has 9 nitrogen and oxygen atoms in total. The molecule has 1 aliphatic heterocycles. The van der Waals surface area contributed by atoms with Gasteiger partial charge in [-0.05, 0) is 31.2 Å². The van der Waals surface area contributed by atoms with Gasteiger partial charge in [0, 0.05) is 18.0 Å². The third-order valence-electron chi connectivity index (χ3n) is 4.52. The van der Waals surface area contributed by atoms with Crippen molar-refractivity contribution < 1.29 is 19.4 Å². The van der Waals surface area contributed by atoms with Crippen molar-refractivity contribution in [3.63, 3.8) is 0 Å². The second kappa shape index (κ2) is 6.78. The van der Waals surface area contributed by atoms with Gasteiger partial charge in [0.25, 0.3) is 4.83 Å². The molecule has 1 aliphatic rings. The van der Waals surface area contributed by atoms with Gasteiger partial charge in [0.1, 0.15) is 33.1 Å². The van der Waals surface area contributed by atoms with Crippen LogP contribution >= 0.6 is 10.5 Å². The number of hydrogen-bond donors (Lipinski definition) is 2. The van der Waals surface area contributed by atoms with Crippen LogP contribution in [0.4, 0.5) is 26.8 Å². The van der Waals surface area contributed by atoms with Gasteiger partial charge in [0.2, 0.25) is 5.88 Å². The Labute approximate surface area is 172 Å². The summed E-state index contributed by atoms with van der Waals surface area (Å²) in [6.45, 7) is 1.87. The number of ether oxygens (including phenoxy) is 1. The average Bonchev–Trinajstić information content (AvgIpc) is 3.09. The molecule has 10 heteroatoms. The van der Waals surface area contributed by atoms with E-state index in [1.807, 2.05) is 19.1 Å². The summed E-state index contributed by atoms with van der Waals surface area (Å²) in [7, 11) is -1.21. The fraction of sp³-hybridized carbons (Fsp3) is 0.0500. The molecule has 148 valence electrons. The predicted octanol–water partition coefficient (Wildman–Crippen LogP) is 5.08. The summed E-state index contributed by atoms with van der Waals surface area (Å²) in [5.74, 6) is 1.29. The molecule has 0 spiro atoms. The molecule has 2 amide bonds. The monoisotopic (exact) mass is 420 g/mol. The Morgan fingerprint density at radius 1 is 1.20 bits per heavy atom. The number of anilines is 3. The highest BCUT2D eigenvalue weighted by atomic mass is 32.2. The summed E-state index contributed by atoms with van der Waals surface area (Å²) < 4.78 is 5.71. The normalized spacial score (nSPS) is 13.3. The minimum atomic E-state index is -1.21. The van der Waals surface area contributed by atoms with Crippen LogP contribution < -0.4 is 15.0 Å². The fourth-order valence-electron chi connectivity index (χ4n) is 3.27. The van der Waals surface area contributed by atoms with Crippen LogP contribution in [-0.2, 0) is 0 Å². The molecule has 4 aromatic heterocycles. The van der Waals surface area contributed by atoms with Crippen LogP contribution in [0.3, 0.4) is 0 Å². The van der Waals surface area contributed by atoms with Gasteiger partial charge in [0.15, 0.2) is 5.38 Å². The molecule has 0 saturated carbocycles. The third-order valence-corrected chi connectivity index (χ3v) is 6.09. The maximum Gasteiger partial charge on any atom is 0.554 e. The van der Waals surface area contributed by atoms with Crippen LogP contribution in [0, 0.1) is 6.92 Å². The molecule has 1 atom stereocenters. The minimum absolute atomic E-state index is 0.367. The number of thiophene rings is 1. The lowest BCUT2D eigenvalue weighted by Crippen LogP contribution is -2.34. The molecule has 0 aromatic carbocycles. The topological polar surface area (TPSA) is 118 Å². The number of amides is 2. The number of hydrogen-bond acceptors (Lipinski definition) is 6. The van der Waals surface area contributed by atoms with Gasteiger partial charge in [-0.3, -0.25) is 0 Å². The van der Waals surface area contributed by atoms with Crippen LogP contribution in [0.1, 0.15) is 5.69 Å². The Morgan fingerprint density at radius 3 is 2.80 bits per heavy atom.